The van der Waals surface area contributed by atoms with Gasteiger partial charge in [0.15, 0.2) is 0 Å². The summed E-state index contributed by atoms with van der Waals surface area (Å²) in [4.78, 5) is 3.99. The van der Waals surface area contributed by atoms with Gasteiger partial charge < -0.3 is 15.0 Å². The number of nitriles is 1. The number of benzene rings is 1. The fourth-order valence-corrected chi connectivity index (χ4v) is 2.48. The first-order valence-corrected chi connectivity index (χ1v) is 7.59. The summed E-state index contributed by atoms with van der Waals surface area (Å²) in [5, 5.41) is 12.1. The van der Waals surface area contributed by atoms with Gasteiger partial charge in [0.2, 0.25) is 0 Å². The van der Waals surface area contributed by atoms with Crippen LogP contribution in [0.1, 0.15) is 9.75 Å². The Morgan fingerprint density at radius 3 is 2.57 bits per heavy atom. The molecule has 0 radical (unpaired) electrons. The summed E-state index contributed by atoms with van der Waals surface area (Å²) in [5.74, 6) is 0.880. The van der Waals surface area contributed by atoms with Crippen molar-refractivity contribution in [2.24, 2.45) is 0 Å². The van der Waals surface area contributed by atoms with Crippen LogP contribution in [0.5, 0.6) is 5.75 Å². The molecule has 1 aromatic heterocycles. The van der Waals surface area contributed by atoms with Gasteiger partial charge in [0.25, 0.3) is 0 Å². The van der Waals surface area contributed by atoms with Crippen LogP contribution in [-0.2, 0) is 6.54 Å². The lowest BCUT2D eigenvalue weighted by Crippen LogP contribution is -2.19. The van der Waals surface area contributed by atoms with E-state index in [4.69, 9.17) is 10.00 Å². The molecular weight excluding hydrogens is 282 g/mol. The minimum absolute atomic E-state index is 0.686. The molecule has 0 aliphatic rings. The summed E-state index contributed by atoms with van der Waals surface area (Å²) >= 11 is 1.52. The minimum Gasteiger partial charge on any atom is -0.492 e. The SMILES string of the molecule is CN(C)CCOc1ccc(NCc2ccc(C#N)s2)cc1. The Labute approximate surface area is 129 Å². The predicted molar refractivity (Wildman–Crippen MR) is 86.9 cm³/mol. The summed E-state index contributed by atoms with van der Waals surface area (Å²) in [6.07, 6.45) is 0. The van der Waals surface area contributed by atoms with Crippen molar-refractivity contribution in [2.45, 2.75) is 6.54 Å². The van der Waals surface area contributed by atoms with E-state index in [1.807, 2.05) is 50.5 Å². The van der Waals surface area contributed by atoms with Crippen molar-refractivity contribution in [3.8, 4) is 11.8 Å². The zero-order valence-electron chi connectivity index (χ0n) is 12.3. The Bertz CT molecular complexity index is 599. The van der Waals surface area contributed by atoms with Crippen LogP contribution in [0.15, 0.2) is 36.4 Å². The molecule has 1 aromatic carbocycles. The van der Waals surface area contributed by atoms with Gasteiger partial charge in [-0.3, -0.25) is 0 Å². The van der Waals surface area contributed by atoms with Crippen molar-refractivity contribution in [2.75, 3.05) is 32.6 Å². The third-order valence-electron chi connectivity index (χ3n) is 2.90. The van der Waals surface area contributed by atoms with Crippen molar-refractivity contribution >= 4 is 17.0 Å². The average molecular weight is 301 g/mol. The second kappa shape index (κ2) is 7.67. The molecule has 2 aromatic rings. The first kappa shape index (κ1) is 15.4. The molecule has 0 aliphatic carbocycles. The molecule has 5 heteroatoms. The van der Waals surface area contributed by atoms with E-state index in [0.29, 0.717) is 6.61 Å². The van der Waals surface area contributed by atoms with E-state index in [1.54, 1.807) is 0 Å². The number of likely N-dealkylation sites (N-methyl/N-ethyl adjacent to an activating group) is 1. The van der Waals surface area contributed by atoms with Crippen LogP contribution in [0.2, 0.25) is 0 Å². The summed E-state index contributed by atoms with van der Waals surface area (Å²) in [6, 6.07) is 13.9. The van der Waals surface area contributed by atoms with E-state index in [9.17, 15) is 0 Å². The molecule has 0 saturated heterocycles. The van der Waals surface area contributed by atoms with Crippen molar-refractivity contribution < 1.29 is 4.74 Å². The molecule has 0 amide bonds. The molecule has 0 atom stereocenters. The van der Waals surface area contributed by atoms with Gasteiger partial charge in [-0.15, -0.1) is 11.3 Å². The number of anilines is 1. The predicted octanol–water partition coefficient (Wildman–Crippen LogP) is 3.17. The number of hydrogen-bond donors (Lipinski definition) is 1. The highest BCUT2D eigenvalue weighted by Crippen LogP contribution is 2.19. The van der Waals surface area contributed by atoms with Gasteiger partial charge in [-0.25, -0.2) is 0 Å². The van der Waals surface area contributed by atoms with E-state index >= 15 is 0 Å². The molecule has 0 spiro atoms. The van der Waals surface area contributed by atoms with Crippen LogP contribution in [0, 0.1) is 11.3 Å². The lowest BCUT2D eigenvalue weighted by atomic mass is 10.3. The summed E-state index contributed by atoms with van der Waals surface area (Å²) in [5.41, 5.74) is 1.04. The Morgan fingerprint density at radius 2 is 1.95 bits per heavy atom. The number of thiophene rings is 1. The molecule has 4 nitrogen and oxygen atoms in total. The summed E-state index contributed by atoms with van der Waals surface area (Å²) in [7, 11) is 4.05. The maximum Gasteiger partial charge on any atom is 0.119 e. The van der Waals surface area contributed by atoms with Crippen LogP contribution < -0.4 is 10.1 Å². The van der Waals surface area contributed by atoms with Crippen LogP contribution in [0.4, 0.5) is 5.69 Å². The minimum atomic E-state index is 0.686. The summed E-state index contributed by atoms with van der Waals surface area (Å²) < 4.78 is 5.65. The van der Waals surface area contributed by atoms with Crippen LogP contribution in [-0.4, -0.2) is 32.1 Å². The van der Waals surface area contributed by atoms with E-state index in [1.165, 1.54) is 11.3 Å². The molecule has 0 bridgehead atoms. The third kappa shape index (κ3) is 5.10. The van der Waals surface area contributed by atoms with Gasteiger partial charge >= 0.3 is 0 Å². The summed E-state index contributed by atoms with van der Waals surface area (Å²) in [6.45, 7) is 2.32. The van der Waals surface area contributed by atoms with Gasteiger partial charge in [-0.05, 0) is 50.5 Å². The van der Waals surface area contributed by atoms with Crippen LogP contribution in [0.25, 0.3) is 0 Å². The highest BCUT2D eigenvalue weighted by atomic mass is 32.1. The molecule has 21 heavy (non-hydrogen) atoms. The molecule has 0 saturated carbocycles. The van der Waals surface area contributed by atoms with Crippen LogP contribution in [0.3, 0.4) is 0 Å². The molecular formula is C16H19N3OS. The van der Waals surface area contributed by atoms with E-state index in [2.05, 4.69) is 16.3 Å². The fourth-order valence-electron chi connectivity index (χ4n) is 1.74. The van der Waals surface area contributed by atoms with Crippen molar-refractivity contribution in [3.63, 3.8) is 0 Å². The van der Waals surface area contributed by atoms with Crippen molar-refractivity contribution in [3.05, 3.63) is 46.2 Å². The fraction of sp³-hybridized carbons (Fsp3) is 0.312. The number of hydrogen-bond acceptors (Lipinski definition) is 5. The quantitative estimate of drug-likeness (QED) is 0.853. The normalized spacial score (nSPS) is 10.4. The number of rotatable bonds is 7. The first-order chi connectivity index (χ1) is 10.2. The van der Waals surface area contributed by atoms with Gasteiger partial charge in [-0.2, -0.15) is 5.26 Å². The molecule has 0 aliphatic heterocycles. The molecule has 110 valence electrons. The number of ether oxygens (including phenoxy) is 1. The smallest absolute Gasteiger partial charge is 0.119 e. The maximum atomic E-state index is 8.79. The van der Waals surface area contributed by atoms with Gasteiger partial charge in [0.1, 0.15) is 23.3 Å². The molecule has 0 unspecified atom stereocenters. The van der Waals surface area contributed by atoms with E-state index in [-0.39, 0.29) is 0 Å². The van der Waals surface area contributed by atoms with Gasteiger partial charge in [0.05, 0.1) is 0 Å². The number of nitrogens with zero attached hydrogens (tertiary/aromatic N) is 2. The Hall–Kier alpha value is -2.03. The van der Waals surface area contributed by atoms with Gasteiger partial charge in [0, 0.05) is 23.7 Å². The monoisotopic (exact) mass is 301 g/mol. The Kier molecular flexibility index (Phi) is 5.61. The lowest BCUT2D eigenvalue weighted by molar-refractivity contribution is 0.261. The first-order valence-electron chi connectivity index (χ1n) is 6.77. The van der Waals surface area contributed by atoms with Crippen molar-refractivity contribution in [1.82, 2.24) is 4.90 Å². The largest absolute Gasteiger partial charge is 0.492 e. The zero-order valence-corrected chi connectivity index (χ0v) is 13.1. The Morgan fingerprint density at radius 1 is 1.19 bits per heavy atom. The lowest BCUT2D eigenvalue weighted by Gasteiger charge is -2.11. The molecule has 1 N–H and O–H groups in total. The Balaban J connectivity index is 1.80. The zero-order chi connectivity index (χ0) is 15.1. The molecule has 0 fully saturated rings. The van der Waals surface area contributed by atoms with Crippen LogP contribution >= 0.6 is 11.3 Å². The number of nitrogens with one attached hydrogen (secondary N) is 1. The maximum absolute atomic E-state index is 8.79. The van der Waals surface area contributed by atoms with Gasteiger partial charge in [-0.1, -0.05) is 0 Å². The highest BCUT2D eigenvalue weighted by Gasteiger charge is 2.00. The standard InChI is InChI=1S/C16H19N3OS/c1-19(2)9-10-20-14-5-3-13(4-6-14)18-12-16-8-7-15(11-17)21-16/h3-8,18H,9-10,12H2,1-2H3. The molecule has 2 rings (SSSR count). The third-order valence-corrected chi connectivity index (χ3v) is 3.89. The second-order valence-electron chi connectivity index (χ2n) is 4.91. The van der Waals surface area contributed by atoms with E-state index in [0.717, 1.165) is 34.3 Å². The second-order valence-corrected chi connectivity index (χ2v) is 6.08. The molecule has 1 heterocycles. The average Bonchev–Trinajstić information content (AvgIpc) is 2.94. The van der Waals surface area contributed by atoms with E-state index < -0.39 is 0 Å². The van der Waals surface area contributed by atoms with Crippen molar-refractivity contribution in [1.29, 1.82) is 5.26 Å². The highest BCUT2D eigenvalue weighted by molar-refractivity contribution is 7.12. The topological polar surface area (TPSA) is 48.3 Å².